The van der Waals surface area contributed by atoms with Gasteiger partial charge in [0.05, 0.1) is 7.11 Å². The summed E-state index contributed by atoms with van der Waals surface area (Å²) >= 11 is 0. The number of amides is 1. The second-order valence-corrected chi connectivity index (χ2v) is 4.97. The fourth-order valence-electron chi connectivity index (χ4n) is 1.92. The van der Waals surface area contributed by atoms with Gasteiger partial charge in [-0.25, -0.2) is 4.79 Å². The summed E-state index contributed by atoms with van der Waals surface area (Å²) < 4.78 is 9.99. The summed E-state index contributed by atoms with van der Waals surface area (Å²) in [4.78, 5) is 23.1. The Labute approximate surface area is 131 Å². The molecule has 1 N–H and O–H groups in total. The van der Waals surface area contributed by atoms with E-state index < -0.39 is 5.97 Å². The standard InChI is InChI=1S/C17H23NO4/c1-4-6-13(2)18-16(19)12-22-17(20)10-9-14-7-5-8-15(11-14)21-3/h5,7-11,13H,4,6,12H2,1-3H3,(H,18,19)/b10-9+/t13-/m1/s1. The maximum Gasteiger partial charge on any atom is 0.331 e. The molecule has 0 fully saturated rings. The molecule has 0 saturated carbocycles. The smallest absolute Gasteiger partial charge is 0.331 e. The highest BCUT2D eigenvalue weighted by Gasteiger charge is 2.08. The van der Waals surface area contributed by atoms with Crippen LogP contribution in [0.25, 0.3) is 6.08 Å². The second-order valence-electron chi connectivity index (χ2n) is 4.97. The summed E-state index contributed by atoms with van der Waals surface area (Å²) in [5.74, 6) is -0.134. The average molecular weight is 305 g/mol. The van der Waals surface area contributed by atoms with Crippen molar-refractivity contribution in [3.8, 4) is 5.75 Å². The Balaban J connectivity index is 2.39. The Kier molecular flexibility index (Phi) is 7.75. The van der Waals surface area contributed by atoms with Crippen molar-refractivity contribution in [3.63, 3.8) is 0 Å². The van der Waals surface area contributed by atoms with Gasteiger partial charge in [-0.05, 0) is 37.1 Å². The highest BCUT2D eigenvalue weighted by Crippen LogP contribution is 2.13. The van der Waals surface area contributed by atoms with Crippen molar-refractivity contribution >= 4 is 18.0 Å². The van der Waals surface area contributed by atoms with Crippen LogP contribution in [0.1, 0.15) is 32.3 Å². The van der Waals surface area contributed by atoms with Crippen molar-refractivity contribution in [1.82, 2.24) is 5.32 Å². The fourth-order valence-corrected chi connectivity index (χ4v) is 1.92. The maximum absolute atomic E-state index is 11.6. The van der Waals surface area contributed by atoms with E-state index in [-0.39, 0.29) is 18.6 Å². The third-order valence-electron chi connectivity index (χ3n) is 2.98. The van der Waals surface area contributed by atoms with Gasteiger partial charge in [0.25, 0.3) is 5.91 Å². The van der Waals surface area contributed by atoms with Gasteiger partial charge in [0.15, 0.2) is 6.61 Å². The average Bonchev–Trinajstić information content (AvgIpc) is 2.51. The molecule has 1 rings (SSSR count). The highest BCUT2D eigenvalue weighted by molar-refractivity contribution is 5.89. The second kappa shape index (κ2) is 9.60. The minimum absolute atomic E-state index is 0.0866. The van der Waals surface area contributed by atoms with Gasteiger partial charge in [-0.2, -0.15) is 0 Å². The lowest BCUT2D eigenvalue weighted by molar-refractivity contribution is -0.144. The Bertz CT molecular complexity index is 525. The highest BCUT2D eigenvalue weighted by atomic mass is 16.5. The van der Waals surface area contributed by atoms with Crippen molar-refractivity contribution in [2.45, 2.75) is 32.7 Å². The van der Waals surface area contributed by atoms with Crippen molar-refractivity contribution in [1.29, 1.82) is 0 Å². The first kappa shape index (κ1) is 17.8. The first-order chi connectivity index (χ1) is 10.5. The summed E-state index contributed by atoms with van der Waals surface area (Å²) in [6.07, 6.45) is 4.79. The van der Waals surface area contributed by atoms with Crippen LogP contribution in [-0.4, -0.2) is 31.6 Å². The van der Waals surface area contributed by atoms with E-state index >= 15 is 0 Å². The van der Waals surface area contributed by atoms with E-state index in [1.165, 1.54) is 6.08 Å². The Hall–Kier alpha value is -2.30. The molecule has 0 radical (unpaired) electrons. The van der Waals surface area contributed by atoms with Gasteiger partial charge in [-0.3, -0.25) is 4.79 Å². The van der Waals surface area contributed by atoms with Crippen molar-refractivity contribution in [2.24, 2.45) is 0 Å². The lowest BCUT2D eigenvalue weighted by Gasteiger charge is -2.12. The Morgan fingerprint density at radius 1 is 1.36 bits per heavy atom. The zero-order valence-electron chi connectivity index (χ0n) is 13.3. The summed E-state index contributed by atoms with van der Waals surface area (Å²) in [6.45, 7) is 3.70. The number of rotatable bonds is 8. The molecule has 0 aromatic heterocycles. The van der Waals surface area contributed by atoms with Crippen molar-refractivity contribution in [3.05, 3.63) is 35.9 Å². The number of carbonyl (C=O) groups is 2. The zero-order valence-corrected chi connectivity index (χ0v) is 13.3. The largest absolute Gasteiger partial charge is 0.497 e. The van der Waals surface area contributed by atoms with Crippen LogP contribution in [-0.2, 0) is 14.3 Å². The Morgan fingerprint density at radius 3 is 2.82 bits per heavy atom. The SMILES string of the molecule is CCC[C@@H](C)NC(=O)COC(=O)/C=C/c1cccc(OC)c1. The van der Waals surface area contributed by atoms with Crippen LogP contribution in [0, 0.1) is 0 Å². The fraction of sp³-hybridized carbons (Fsp3) is 0.412. The topological polar surface area (TPSA) is 64.6 Å². The molecule has 1 aromatic rings. The van der Waals surface area contributed by atoms with Crippen molar-refractivity contribution < 1.29 is 19.1 Å². The minimum Gasteiger partial charge on any atom is -0.497 e. The van der Waals surface area contributed by atoms with Gasteiger partial charge >= 0.3 is 5.97 Å². The van der Waals surface area contributed by atoms with E-state index in [9.17, 15) is 9.59 Å². The molecule has 0 bridgehead atoms. The number of ether oxygens (including phenoxy) is 2. The van der Waals surface area contributed by atoms with E-state index in [4.69, 9.17) is 9.47 Å². The van der Waals surface area contributed by atoms with E-state index in [0.29, 0.717) is 5.75 Å². The van der Waals surface area contributed by atoms with Gasteiger partial charge in [0, 0.05) is 12.1 Å². The summed E-state index contributed by atoms with van der Waals surface area (Å²) in [6, 6.07) is 7.36. The van der Waals surface area contributed by atoms with Gasteiger partial charge in [-0.1, -0.05) is 25.5 Å². The number of esters is 1. The molecule has 0 aliphatic heterocycles. The number of hydrogen-bond donors (Lipinski definition) is 1. The van der Waals surface area contributed by atoms with E-state index in [0.717, 1.165) is 18.4 Å². The molecule has 0 aliphatic carbocycles. The Morgan fingerprint density at radius 2 is 2.14 bits per heavy atom. The quantitative estimate of drug-likeness (QED) is 0.592. The molecule has 0 saturated heterocycles. The van der Waals surface area contributed by atoms with Crippen LogP contribution in [0.2, 0.25) is 0 Å². The molecule has 5 heteroatoms. The van der Waals surface area contributed by atoms with Gasteiger partial charge < -0.3 is 14.8 Å². The lowest BCUT2D eigenvalue weighted by Crippen LogP contribution is -2.35. The summed E-state index contributed by atoms with van der Waals surface area (Å²) in [7, 11) is 1.58. The number of benzene rings is 1. The molecule has 0 heterocycles. The number of carbonyl (C=O) groups excluding carboxylic acids is 2. The summed E-state index contributed by atoms with van der Waals surface area (Å²) in [5, 5.41) is 2.77. The van der Waals surface area contributed by atoms with Crippen LogP contribution in [0.15, 0.2) is 30.3 Å². The van der Waals surface area contributed by atoms with Gasteiger partial charge in [-0.15, -0.1) is 0 Å². The van der Waals surface area contributed by atoms with E-state index in [2.05, 4.69) is 5.32 Å². The van der Waals surface area contributed by atoms with Crippen LogP contribution in [0.4, 0.5) is 0 Å². The number of nitrogens with one attached hydrogen (secondary N) is 1. The predicted molar refractivity (Wildman–Crippen MR) is 85.5 cm³/mol. The van der Waals surface area contributed by atoms with Crippen LogP contribution >= 0.6 is 0 Å². The van der Waals surface area contributed by atoms with Gasteiger partial charge in [0.1, 0.15) is 5.75 Å². The first-order valence-electron chi connectivity index (χ1n) is 7.33. The number of methoxy groups -OCH3 is 1. The normalized spacial score (nSPS) is 12.0. The first-order valence-corrected chi connectivity index (χ1v) is 7.33. The van der Waals surface area contributed by atoms with Crippen LogP contribution in [0.5, 0.6) is 5.75 Å². The molecule has 1 amide bonds. The predicted octanol–water partition coefficient (Wildman–Crippen LogP) is 2.56. The summed E-state index contributed by atoms with van der Waals surface area (Å²) in [5.41, 5.74) is 0.817. The van der Waals surface area contributed by atoms with Crippen LogP contribution in [0.3, 0.4) is 0 Å². The third-order valence-corrected chi connectivity index (χ3v) is 2.98. The molecule has 1 aromatic carbocycles. The van der Waals surface area contributed by atoms with Crippen LogP contribution < -0.4 is 10.1 Å². The molecule has 0 unspecified atom stereocenters. The lowest BCUT2D eigenvalue weighted by atomic mass is 10.2. The number of hydrogen-bond acceptors (Lipinski definition) is 4. The molecule has 5 nitrogen and oxygen atoms in total. The molecule has 0 aliphatic rings. The molecular formula is C17H23NO4. The monoisotopic (exact) mass is 305 g/mol. The van der Waals surface area contributed by atoms with Gasteiger partial charge in [0.2, 0.25) is 0 Å². The van der Waals surface area contributed by atoms with E-state index in [1.807, 2.05) is 32.0 Å². The third kappa shape index (κ3) is 6.92. The maximum atomic E-state index is 11.6. The molecular weight excluding hydrogens is 282 g/mol. The molecule has 22 heavy (non-hydrogen) atoms. The van der Waals surface area contributed by atoms with Crippen molar-refractivity contribution in [2.75, 3.05) is 13.7 Å². The molecule has 120 valence electrons. The zero-order chi connectivity index (χ0) is 16.4. The minimum atomic E-state index is -0.555. The van der Waals surface area contributed by atoms with E-state index in [1.54, 1.807) is 19.3 Å². The molecule has 0 spiro atoms. The molecule has 1 atom stereocenters.